The lowest BCUT2D eigenvalue weighted by atomic mass is 10.1. The molecular formula is C25H29N3O5. The standard InChI is InChI=1S/C25H29N3O5/c1-32-21-8-4-18(5-9-21)15-26-25(31)19-14-23(29)28(16-19)20-6-10-22(11-7-20)33-17-24(30)27-12-2-3-13-27/h4-11,19H,2-3,12-17H2,1H3,(H,26,31)/t19-/m1/s1. The Labute approximate surface area is 193 Å². The number of likely N-dealkylation sites (tertiary alicyclic amines) is 1. The highest BCUT2D eigenvalue weighted by Crippen LogP contribution is 2.27. The summed E-state index contributed by atoms with van der Waals surface area (Å²) in [6.07, 6.45) is 2.27. The average molecular weight is 452 g/mol. The number of benzene rings is 2. The zero-order chi connectivity index (χ0) is 23.2. The van der Waals surface area contributed by atoms with E-state index >= 15 is 0 Å². The van der Waals surface area contributed by atoms with Crippen LogP contribution in [0.4, 0.5) is 5.69 Å². The zero-order valence-electron chi connectivity index (χ0n) is 18.8. The molecule has 1 N–H and O–H groups in total. The average Bonchev–Trinajstić information content (AvgIpc) is 3.52. The summed E-state index contributed by atoms with van der Waals surface area (Å²) in [5, 5.41) is 2.92. The zero-order valence-corrected chi connectivity index (χ0v) is 18.8. The highest BCUT2D eigenvalue weighted by Gasteiger charge is 2.35. The van der Waals surface area contributed by atoms with Gasteiger partial charge in [0.15, 0.2) is 6.61 Å². The van der Waals surface area contributed by atoms with Gasteiger partial charge < -0.3 is 24.6 Å². The molecule has 3 amide bonds. The summed E-state index contributed by atoms with van der Waals surface area (Å²) in [6.45, 7) is 2.34. The molecule has 2 heterocycles. The van der Waals surface area contributed by atoms with Crippen molar-refractivity contribution in [1.29, 1.82) is 0 Å². The summed E-state index contributed by atoms with van der Waals surface area (Å²) in [5.74, 6) is 0.711. The van der Waals surface area contributed by atoms with Crippen molar-refractivity contribution in [2.75, 3.05) is 38.3 Å². The Bertz CT molecular complexity index is 984. The number of amides is 3. The van der Waals surface area contributed by atoms with Gasteiger partial charge in [0, 0.05) is 38.3 Å². The summed E-state index contributed by atoms with van der Waals surface area (Å²) in [5.41, 5.74) is 1.67. The maximum Gasteiger partial charge on any atom is 0.260 e. The van der Waals surface area contributed by atoms with E-state index in [1.165, 1.54) is 0 Å². The van der Waals surface area contributed by atoms with Crippen molar-refractivity contribution in [1.82, 2.24) is 10.2 Å². The van der Waals surface area contributed by atoms with E-state index in [1.807, 2.05) is 29.2 Å². The molecule has 2 aliphatic rings. The number of carbonyl (C=O) groups is 3. The van der Waals surface area contributed by atoms with Crippen LogP contribution in [0.15, 0.2) is 48.5 Å². The molecule has 0 unspecified atom stereocenters. The number of rotatable bonds is 8. The molecule has 2 saturated heterocycles. The molecule has 4 rings (SSSR count). The molecule has 1 atom stereocenters. The number of ether oxygens (including phenoxy) is 2. The number of nitrogens with one attached hydrogen (secondary N) is 1. The number of methoxy groups -OCH3 is 1. The first-order valence-electron chi connectivity index (χ1n) is 11.2. The molecule has 0 aliphatic carbocycles. The second-order valence-electron chi connectivity index (χ2n) is 8.34. The fraction of sp³-hybridized carbons (Fsp3) is 0.400. The van der Waals surface area contributed by atoms with Crippen LogP contribution in [-0.2, 0) is 20.9 Å². The van der Waals surface area contributed by atoms with E-state index in [0.717, 1.165) is 37.2 Å². The highest BCUT2D eigenvalue weighted by molar-refractivity contribution is 6.00. The van der Waals surface area contributed by atoms with Crippen LogP contribution < -0.4 is 19.7 Å². The van der Waals surface area contributed by atoms with Crippen molar-refractivity contribution in [3.63, 3.8) is 0 Å². The smallest absolute Gasteiger partial charge is 0.260 e. The first-order valence-corrected chi connectivity index (χ1v) is 11.2. The van der Waals surface area contributed by atoms with Crippen molar-refractivity contribution in [2.24, 2.45) is 5.92 Å². The predicted molar refractivity (Wildman–Crippen MR) is 123 cm³/mol. The van der Waals surface area contributed by atoms with Crippen LogP contribution in [0.3, 0.4) is 0 Å². The molecule has 8 heteroatoms. The monoisotopic (exact) mass is 451 g/mol. The summed E-state index contributed by atoms with van der Waals surface area (Å²) in [7, 11) is 1.61. The molecule has 2 aliphatic heterocycles. The van der Waals surface area contributed by atoms with E-state index in [1.54, 1.807) is 36.3 Å². The van der Waals surface area contributed by atoms with Crippen molar-refractivity contribution >= 4 is 23.4 Å². The van der Waals surface area contributed by atoms with Gasteiger partial charge in [0.05, 0.1) is 13.0 Å². The minimum absolute atomic E-state index is 0.00482. The molecule has 8 nitrogen and oxygen atoms in total. The van der Waals surface area contributed by atoms with Crippen LogP contribution in [0.25, 0.3) is 0 Å². The Balaban J connectivity index is 1.27. The van der Waals surface area contributed by atoms with E-state index in [4.69, 9.17) is 9.47 Å². The van der Waals surface area contributed by atoms with E-state index in [9.17, 15) is 14.4 Å². The van der Waals surface area contributed by atoms with Crippen molar-refractivity contribution in [3.05, 3.63) is 54.1 Å². The van der Waals surface area contributed by atoms with Crippen LogP contribution in [0.2, 0.25) is 0 Å². The second kappa shape index (κ2) is 10.4. The highest BCUT2D eigenvalue weighted by atomic mass is 16.5. The SMILES string of the molecule is COc1ccc(CNC(=O)[C@@H]2CC(=O)N(c3ccc(OCC(=O)N4CCCC4)cc3)C2)cc1. The maximum atomic E-state index is 12.6. The normalized spacial score (nSPS) is 17.8. The molecule has 0 bridgehead atoms. The molecular weight excluding hydrogens is 422 g/mol. The maximum absolute atomic E-state index is 12.6. The van der Waals surface area contributed by atoms with Crippen molar-refractivity contribution < 1.29 is 23.9 Å². The van der Waals surface area contributed by atoms with Crippen LogP contribution in [0.5, 0.6) is 11.5 Å². The molecule has 2 aromatic carbocycles. The third kappa shape index (κ3) is 5.63. The van der Waals surface area contributed by atoms with Gasteiger partial charge in [0.2, 0.25) is 11.8 Å². The van der Waals surface area contributed by atoms with Gasteiger partial charge in [-0.25, -0.2) is 0 Å². The third-order valence-corrected chi connectivity index (χ3v) is 6.09. The number of hydrogen-bond acceptors (Lipinski definition) is 5. The van der Waals surface area contributed by atoms with Crippen LogP contribution in [0, 0.1) is 5.92 Å². The molecule has 2 fully saturated rings. The Hall–Kier alpha value is -3.55. The fourth-order valence-corrected chi connectivity index (χ4v) is 4.13. The van der Waals surface area contributed by atoms with Gasteiger partial charge in [-0.2, -0.15) is 0 Å². The van der Waals surface area contributed by atoms with Gasteiger partial charge in [-0.1, -0.05) is 12.1 Å². The Morgan fingerprint density at radius 2 is 1.67 bits per heavy atom. The molecule has 0 radical (unpaired) electrons. The molecule has 0 spiro atoms. The summed E-state index contributed by atoms with van der Waals surface area (Å²) in [4.78, 5) is 40.7. The van der Waals surface area contributed by atoms with Gasteiger partial charge >= 0.3 is 0 Å². The first-order chi connectivity index (χ1) is 16.0. The minimum Gasteiger partial charge on any atom is -0.497 e. The van der Waals surface area contributed by atoms with E-state index < -0.39 is 5.92 Å². The number of nitrogens with zero attached hydrogens (tertiary/aromatic N) is 2. The number of anilines is 1. The molecule has 0 saturated carbocycles. The van der Waals surface area contributed by atoms with Crippen molar-refractivity contribution in [3.8, 4) is 11.5 Å². The molecule has 33 heavy (non-hydrogen) atoms. The largest absolute Gasteiger partial charge is 0.497 e. The van der Waals surface area contributed by atoms with Gasteiger partial charge in [-0.15, -0.1) is 0 Å². The third-order valence-electron chi connectivity index (χ3n) is 6.09. The quantitative estimate of drug-likeness (QED) is 0.666. The molecule has 2 aromatic rings. The van der Waals surface area contributed by atoms with Gasteiger partial charge in [-0.05, 0) is 54.8 Å². The van der Waals surface area contributed by atoms with Crippen LogP contribution in [0.1, 0.15) is 24.8 Å². The van der Waals surface area contributed by atoms with Crippen molar-refractivity contribution in [2.45, 2.75) is 25.8 Å². The lowest BCUT2D eigenvalue weighted by Crippen LogP contribution is -2.32. The van der Waals surface area contributed by atoms with Gasteiger partial charge in [0.25, 0.3) is 5.91 Å². The minimum atomic E-state index is -0.398. The predicted octanol–water partition coefficient (Wildman–Crippen LogP) is 2.37. The topological polar surface area (TPSA) is 88.2 Å². The Morgan fingerprint density at radius 3 is 2.33 bits per heavy atom. The Kier molecular flexibility index (Phi) is 7.12. The summed E-state index contributed by atoms with van der Waals surface area (Å²) >= 11 is 0. The number of carbonyl (C=O) groups excluding carboxylic acids is 3. The molecule has 0 aromatic heterocycles. The number of hydrogen-bond donors (Lipinski definition) is 1. The van der Waals surface area contributed by atoms with Gasteiger partial charge in [-0.3, -0.25) is 14.4 Å². The lowest BCUT2D eigenvalue weighted by molar-refractivity contribution is -0.132. The van der Waals surface area contributed by atoms with Crippen LogP contribution >= 0.6 is 0 Å². The van der Waals surface area contributed by atoms with E-state index in [2.05, 4.69) is 5.32 Å². The van der Waals surface area contributed by atoms with Crippen LogP contribution in [-0.4, -0.2) is 56.0 Å². The second-order valence-corrected chi connectivity index (χ2v) is 8.34. The van der Waals surface area contributed by atoms with E-state index in [0.29, 0.717) is 24.5 Å². The fourth-order valence-electron chi connectivity index (χ4n) is 4.13. The summed E-state index contributed by atoms with van der Waals surface area (Å²) < 4.78 is 10.7. The first kappa shape index (κ1) is 22.6. The lowest BCUT2D eigenvalue weighted by Gasteiger charge is -2.18. The Morgan fingerprint density at radius 1 is 1.00 bits per heavy atom. The van der Waals surface area contributed by atoms with Gasteiger partial charge in [0.1, 0.15) is 11.5 Å². The summed E-state index contributed by atoms with van der Waals surface area (Å²) in [6, 6.07) is 14.5. The van der Waals surface area contributed by atoms with E-state index in [-0.39, 0.29) is 30.7 Å². The molecule has 174 valence electrons.